The lowest BCUT2D eigenvalue weighted by molar-refractivity contribution is 0.595. The second-order valence-electron chi connectivity index (χ2n) is 4.57. The van der Waals surface area contributed by atoms with Crippen LogP contribution in [0.3, 0.4) is 0 Å². The Morgan fingerprint density at radius 1 is 1.32 bits per heavy atom. The van der Waals surface area contributed by atoms with Gasteiger partial charge < -0.3 is 5.32 Å². The van der Waals surface area contributed by atoms with Crippen LogP contribution in [0, 0.1) is 5.82 Å². The van der Waals surface area contributed by atoms with Gasteiger partial charge in [0.25, 0.3) is 0 Å². The molecule has 0 bridgehead atoms. The second-order valence-corrected chi connectivity index (χ2v) is 5.63. The highest BCUT2D eigenvalue weighted by Crippen LogP contribution is 2.28. The van der Waals surface area contributed by atoms with Crippen molar-refractivity contribution in [1.29, 1.82) is 0 Å². The van der Waals surface area contributed by atoms with E-state index in [2.05, 4.69) is 15.3 Å². The minimum absolute atomic E-state index is 0.196. The largest absolute Gasteiger partial charge is 0.310 e. The van der Waals surface area contributed by atoms with Crippen molar-refractivity contribution in [3.8, 4) is 0 Å². The molecule has 1 fully saturated rings. The summed E-state index contributed by atoms with van der Waals surface area (Å²) in [5, 5.41) is 4.12. The number of nitrogens with one attached hydrogen (secondary N) is 1. The van der Waals surface area contributed by atoms with Gasteiger partial charge in [0.15, 0.2) is 0 Å². The van der Waals surface area contributed by atoms with E-state index in [1.165, 1.54) is 30.9 Å². The second kappa shape index (κ2) is 5.67. The molecule has 0 amide bonds. The molecule has 2 aromatic rings. The van der Waals surface area contributed by atoms with Crippen molar-refractivity contribution < 1.29 is 4.39 Å². The summed E-state index contributed by atoms with van der Waals surface area (Å²) in [5.74, 6) is -0.196. The van der Waals surface area contributed by atoms with Crippen LogP contribution < -0.4 is 5.32 Å². The third kappa shape index (κ3) is 3.52. The molecule has 0 saturated heterocycles. The normalized spacial score (nSPS) is 14.6. The SMILES string of the molecule is Fc1cc(CNC2CC2)ccc1Sc1ccncn1. The number of hydrogen-bond acceptors (Lipinski definition) is 4. The van der Waals surface area contributed by atoms with E-state index >= 15 is 0 Å². The van der Waals surface area contributed by atoms with Crippen molar-refractivity contribution in [2.45, 2.75) is 35.3 Å². The Morgan fingerprint density at radius 2 is 2.21 bits per heavy atom. The molecule has 0 radical (unpaired) electrons. The van der Waals surface area contributed by atoms with Crippen LogP contribution >= 0.6 is 11.8 Å². The van der Waals surface area contributed by atoms with Gasteiger partial charge in [0.05, 0.1) is 0 Å². The highest BCUT2D eigenvalue weighted by Gasteiger charge is 2.20. The summed E-state index contributed by atoms with van der Waals surface area (Å²) in [6.45, 7) is 0.736. The van der Waals surface area contributed by atoms with Crippen LogP contribution in [-0.2, 0) is 6.54 Å². The molecule has 1 aliphatic rings. The lowest BCUT2D eigenvalue weighted by atomic mass is 10.2. The maximum Gasteiger partial charge on any atom is 0.137 e. The van der Waals surface area contributed by atoms with Gasteiger partial charge >= 0.3 is 0 Å². The lowest BCUT2D eigenvalue weighted by Gasteiger charge is -2.06. The number of nitrogens with zero attached hydrogens (tertiary/aromatic N) is 2. The summed E-state index contributed by atoms with van der Waals surface area (Å²) < 4.78 is 14.0. The van der Waals surface area contributed by atoms with Gasteiger partial charge in [-0.3, -0.25) is 0 Å². The molecule has 3 rings (SSSR count). The molecule has 0 atom stereocenters. The molecule has 19 heavy (non-hydrogen) atoms. The third-order valence-electron chi connectivity index (χ3n) is 2.94. The molecule has 1 aromatic heterocycles. The fraction of sp³-hybridized carbons (Fsp3) is 0.286. The topological polar surface area (TPSA) is 37.8 Å². The van der Waals surface area contributed by atoms with Crippen LogP contribution in [0.5, 0.6) is 0 Å². The predicted molar refractivity (Wildman–Crippen MR) is 72.4 cm³/mol. The molecule has 1 aromatic carbocycles. The predicted octanol–water partition coefficient (Wildman–Crippen LogP) is 3.02. The van der Waals surface area contributed by atoms with Crippen LogP contribution in [0.15, 0.2) is 46.7 Å². The van der Waals surface area contributed by atoms with Gasteiger partial charge in [-0.2, -0.15) is 0 Å². The zero-order valence-electron chi connectivity index (χ0n) is 10.3. The fourth-order valence-corrected chi connectivity index (χ4v) is 2.48. The number of halogens is 1. The zero-order valence-corrected chi connectivity index (χ0v) is 11.2. The maximum absolute atomic E-state index is 14.0. The first kappa shape index (κ1) is 12.6. The summed E-state index contributed by atoms with van der Waals surface area (Å²) in [6, 6.07) is 7.78. The first-order valence-corrected chi connectivity index (χ1v) is 7.08. The minimum Gasteiger partial charge on any atom is -0.310 e. The van der Waals surface area contributed by atoms with Crippen LogP contribution in [0.25, 0.3) is 0 Å². The third-order valence-corrected chi connectivity index (χ3v) is 3.94. The molecule has 0 aliphatic heterocycles. The zero-order chi connectivity index (χ0) is 13.1. The number of hydrogen-bond donors (Lipinski definition) is 1. The first-order chi connectivity index (χ1) is 9.31. The Hall–Kier alpha value is -1.46. The number of aromatic nitrogens is 2. The minimum atomic E-state index is -0.196. The van der Waals surface area contributed by atoms with Crippen LogP contribution in [0.1, 0.15) is 18.4 Å². The van der Waals surface area contributed by atoms with Crippen molar-refractivity contribution in [1.82, 2.24) is 15.3 Å². The fourth-order valence-electron chi connectivity index (χ4n) is 1.74. The van der Waals surface area contributed by atoms with Crippen LogP contribution in [0.4, 0.5) is 4.39 Å². The molecule has 98 valence electrons. The molecule has 1 N–H and O–H groups in total. The summed E-state index contributed by atoms with van der Waals surface area (Å²) in [4.78, 5) is 8.51. The van der Waals surface area contributed by atoms with E-state index < -0.39 is 0 Å². The van der Waals surface area contributed by atoms with Gasteiger partial charge in [-0.05, 0) is 36.6 Å². The molecule has 0 unspecified atom stereocenters. The molecule has 1 saturated carbocycles. The molecule has 5 heteroatoms. The van der Waals surface area contributed by atoms with E-state index in [-0.39, 0.29) is 5.82 Å². The van der Waals surface area contributed by atoms with Gasteiger partial charge in [-0.1, -0.05) is 17.8 Å². The highest BCUT2D eigenvalue weighted by molar-refractivity contribution is 7.99. The van der Waals surface area contributed by atoms with Gasteiger partial charge in [-0.25, -0.2) is 14.4 Å². The van der Waals surface area contributed by atoms with Gasteiger partial charge in [0.2, 0.25) is 0 Å². The van der Waals surface area contributed by atoms with Crippen molar-refractivity contribution >= 4 is 11.8 Å². The summed E-state index contributed by atoms with van der Waals surface area (Å²) in [6.07, 6.45) is 5.60. The Labute approximate surface area is 115 Å². The summed E-state index contributed by atoms with van der Waals surface area (Å²) in [7, 11) is 0. The van der Waals surface area contributed by atoms with Crippen molar-refractivity contribution in [3.05, 3.63) is 48.2 Å². The average Bonchev–Trinajstić information content (AvgIpc) is 3.25. The lowest BCUT2D eigenvalue weighted by Crippen LogP contribution is -2.15. The van der Waals surface area contributed by atoms with E-state index in [9.17, 15) is 4.39 Å². The van der Waals surface area contributed by atoms with Crippen molar-refractivity contribution in [3.63, 3.8) is 0 Å². The van der Waals surface area contributed by atoms with Crippen LogP contribution in [0.2, 0.25) is 0 Å². The van der Waals surface area contributed by atoms with E-state index in [0.717, 1.165) is 17.1 Å². The van der Waals surface area contributed by atoms with E-state index in [4.69, 9.17) is 0 Å². The highest BCUT2D eigenvalue weighted by atomic mass is 32.2. The number of benzene rings is 1. The molecule has 3 nitrogen and oxygen atoms in total. The first-order valence-electron chi connectivity index (χ1n) is 6.27. The van der Waals surface area contributed by atoms with E-state index in [1.807, 2.05) is 12.1 Å². The standard InChI is InChI=1S/C14H14FN3S/c15-12-7-10(8-17-11-2-3-11)1-4-13(12)19-14-5-6-16-9-18-14/h1,4-7,9,11,17H,2-3,8H2. The Morgan fingerprint density at radius 3 is 2.89 bits per heavy atom. The van der Waals surface area contributed by atoms with E-state index in [1.54, 1.807) is 18.3 Å². The van der Waals surface area contributed by atoms with Crippen LogP contribution in [-0.4, -0.2) is 16.0 Å². The monoisotopic (exact) mass is 275 g/mol. The molecular formula is C14H14FN3S. The van der Waals surface area contributed by atoms with Gasteiger partial charge in [0.1, 0.15) is 17.2 Å². The average molecular weight is 275 g/mol. The smallest absolute Gasteiger partial charge is 0.137 e. The van der Waals surface area contributed by atoms with E-state index in [0.29, 0.717) is 10.9 Å². The maximum atomic E-state index is 14.0. The van der Waals surface area contributed by atoms with Crippen molar-refractivity contribution in [2.75, 3.05) is 0 Å². The molecule has 1 heterocycles. The molecule has 0 spiro atoms. The molecule has 1 aliphatic carbocycles. The quantitative estimate of drug-likeness (QED) is 0.851. The Balaban J connectivity index is 1.68. The molecular weight excluding hydrogens is 261 g/mol. The van der Waals surface area contributed by atoms with Crippen molar-refractivity contribution in [2.24, 2.45) is 0 Å². The van der Waals surface area contributed by atoms with Gasteiger partial charge in [-0.15, -0.1) is 0 Å². The summed E-state index contributed by atoms with van der Waals surface area (Å²) >= 11 is 1.31. The summed E-state index contributed by atoms with van der Waals surface area (Å²) in [5.41, 5.74) is 0.983. The van der Waals surface area contributed by atoms with Gasteiger partial charge in [0, 0.05) is 23.7 Å². The Kier molecular flexibility index (Phi) is 3.75. The number of rotatable bonds is 5. The Bertz CT molecular complexity index is 558.